The first-order valence-electron chi connectivity index (χ1n) is 5.29. The van der Waals surface area contributed by atoms with E-state index in [1.165, 1.54) is 25.3 Å². The third kappa shape index (κ3) is 3.29. The molecule has 7 heteroatoms. The highest BCUT2D eigenvalue weighted by Gasteiger charge is 2.16. The van der Waals surface area contributed by atoms with Gasteiger partial charge in [0, 0.05) is 6.92 Å². The lowest BCUT2D eigenvalue weighted by Gasteiger charge is -1.91. The average molecular weight is 278 g/mol. The van der Waals surface area contributed by atoms with Crippen molar-refractivity contribution in [3.63, 3.8) is 0 Å². The van der Waals surface area contributed by atoms with E-state index in [0.29, 0.717) is 5.76 Å². The second kappa shape index (κ2) is 5.49. The Morgan fingerprint density at radius 3 is 2.95 bits per heavy atom. The summed E-state index contributed by atoms with van der Waals surface area (Å²) in [6.45, 7) is 1.32. The number of rotatable bonds is 4. The maximum atomic E-state index is 11.8. The van der Waals surface area contributed by atoms with E-state index in [1.807, 2.05) is 0 Å². The van der Waals surface area contributed by atoms with Gasteiger partial charge in [-0.05, 0) is 24.3 Å². The highest BCUT2D eigenvalue weighted by atomic mass is 32.1. The van der Waals surface area contributed by atoms with E-state index in [4.69, 9.17) is 4.42 Å². The molecule has 0 saturated heterocycles. The number of nitrogens with one attached hydrogen (secondary N) is 1. The molecule has 0 aliphatic carbocycles. The molecule has 0 unspecified atom stereocenters. The van der Waals surface area contributed by atoms with Crippen LogP contribution in [0.2, 0.25) is 0 Å². The summed E-state index contributed by atoms with van der Waals surface area (Å²) in [6, 6.07) is 3.39. The molecule has 0 bridgehead atoms. The van der Waals surface area contributed by atoms with Crippen LogP contribution in [0.15, 0.2) is 28.9 Å². The van der Waals surface area contributed by atoms with E-state index >= 15 is 0 Å². The summed E-state index contributed by atoms with van der Waals surface area (Å²) in [5, 5.41) is 12.1. The minimum atomic E-state index is -0.414. The number of thiazole rings is 1. The first kappa shape index (κ1) is 13.0. The highest BCUT2D eigenvalue weighted by molar-refractivity contribution is 7.18. The molecule has 2 heterocycles. The molecule has 2 aromatic rings. The predicted molar refractivity (Wildman–Crippen MR) is 70.2 cm³/mol. The maximum absolute atomic E-state index is 11.8. The lowest BCUT2D eigenvalue weighted by molar-refractivity contribution is -0.114. The number of carbonyl (C=O) groups is 2. The van der Waals surface area contributed by atoms with Gasteiger partial charge >= 0.3 is 0 Å². The predicted octanol–water partition coefficient (Wildman–Crippen LogP) is 2.30. The number of ketones is 1. The second-order valence-corrected chi connectivity index (χ2v) is 4.57. The molecule has 0 radical (unpaired) electrons. The zero-order chi connectivity index (χ0) is 13.8. The Labute approximate surface area is 112 Å². The number of furan rings is 1. The van der Waals surface area contributed by atoms with Crippen LogP contribution < -0.4 is 5.32 Å². The molecule has 0 aliphatic heterocycles. The van der Waals surface area contributed by atoms with Crippen molar-refractivity contribution in [3.05, 3.63) is 35.1 Å². The standard InChI is InChI=1S/C12H10N2O4S/c1-7(15)13-12-14-11(17)10(19-12)9(16)5-4-8-3-2-6-18-8/h2-6,17H,1H3,(H,13,14,15)/b5-4+. The second-order valence-electron chi connectivity index (χ2n) is 3.57. The van der Waals surface area contributed by atoms with E-state index in [2.05, 4.69) is 10.3 Å². The molecule has 0 spiro atoms. The van der Waals surface area contributed by atoms with Crippen molar-refractivity contribution in [2.75, 3.05) is 5.32 Å². The van der Waals surface area contributed by atoms with Crippen LogP contribution in [0.5, 0.6) is 5.88 Å². The van der Waals surface area contributed by atoms with Crippen LogP contribution in [-0.2, 0) is 4.79 Å². The number of anilines is 1. The number of amides is 1. The Balaban J connectivity index is 2.15. The smallest absolute Gasteiger partial charge is 0.235 e. The molecule has 0 aliphatic rings. The summed E-state index contributed by atoms with van der Waals surface area (Å²) in [7, 11) is 0. The summed E-state index contributed by atoms with van der Waals surface area (Å²) in [6.07, 6.45) is 4.24. The van der Waals surface area contributed by atoms with Crippen molar-refractivity contribution in [1.82, 2.24) is 4.98 Å². The van der Waals surface area contributed by atoms with Gasteiger partial charge in [-0.3, -0.25) is 9.59 Å². The largest absolute Gasteiger partial charge is 0.492 e. The molecule has 2 aromatic heterocycles. The maximum Gasteiger partial charge on any atom is 0.235 e. The lowest BCUT2D eigenvalue weighted by atomic mass is 10.3. The Kier molecular flexibility index (Phi) is 3.76. The Morgan fingerprint density at radius 2 is 2.32 bits per heavy atom. The van der Waals surface area contributed by atoms with Gasteiger partial charge in [-0.15, -0.1) is 0 Å². The van der Waals surface area contributed by atoms with Crippen LogP contribution >= 0.6 is 11.3 Å². The normalized spacial score (nSPS) is 10.8. The molecule has 0 saturated carbocycles. The molecule has 1 amide bonds. The molecule has 0 aromatic carbocycles. The van der Waals surface area contributed by atoms with Crippen molar-refractivity contribution < 1.29 is 19.1 Å². The van der Waals surface area contributed by atoms with E-state index in [0.717, 1.165) is 11.3 Å². The fourth-order valence-corrected chi connectivity index (χ4v) is 2.12. The highest BCUT2D eigenvalue weighted by Crippen LogP contribution is 2.28. The van der Waals surface area contributed by atoms with Gasteiger partial charge in [-0.2, -0.15) is 4.98 Å². The fraction of sp³-hybridized carbons (Fsp3) is 0.0833. The van der Waals surface area contributed by atoms with E-state index in [-0.39, 0.29) is 15.9 Å². The van der Waals surface area contributed by atoms with Gasteiger partial charge in [0.25, 0.3) is 0 Å². The topological polar surface area (TPSA) is 92.4 Å². The van der Waals surface area contributed by atoms with Crippen LogP contribution in [0, 0.1) is 0 Å². The molecular formula is C12H10N2O4S. The molecular weight excluding hydrogens is 268 g/mol. The minimum absolute atomic E-state index is 0.0616. The van der Waals surface area contributed by atoms with E-state index < -0.39 is 11.7 Å². The number of aromatic hydroxyl groups is 1. The number of nitrogens with zero attached hydrogens (tertiary/aromatic N) is 1. The van der Waals surface area contributed by atoms with Crippen LogP contribution in [0.4, 0.5) is 5.13 Å². The van der Waals surface area contributed by atoms with Gasteiger partial charge in [0.15, 0.2) is 5.13 Å². The number of allylic oxidation sites excluding steroid dienone is 1. The summed E-state index contributed by atoms with van der Waals surface area (Å²) in [5.41, 5.74) is 0. The number of hydrogen-bond acceptors (Lipinski definition) is 6. The molecule has 0 fully saturated rings. The van der Waals surface area contributed by atoms with Crippen molar-refractivity contribution in [2.45, 2.75) is 6.92 Å². The number of aromatic nitrogens is 1. The average Bonchev–Trinajstić information content (AvgIpc) is 2.95. The van der Waals surface area contributed by atoms with Crippen molar-refractivity contribution in [1.29, 1.82) is 0 Å². The van der Waals surface area contributed by atoms with Gasteiger partial charge < -0.3 is 14.8 Å². The Morgan fingerprint density at radius 1 is 1.53 bits per heavy atom. The molecule has 6 nitrogen and oxygen atoms in total. The molecule has 98 valence electrons. The summed E-state index contributed by atoms with van der Waals surface area (Å²) in [5.74, 6) is -0.607. The fourth-order valence-electron chi connectivity index (χ4n) is 1.30. The SMILES string of the molecule is CC(=O)Nc1nc(O)c(C(=O)/C=C/c2ccco2)s1. The first-order chi connectivity index (χ1) is 9.06. The van der Waals surface area contributed by atoms with Gasteiger partial charge in [-0.1, -0.05) is 11.3 Å². The first-order valence-corrected chi connectivity index (χ1v) is 6.11. The zero-order valence-electron chi connectivity index (χ0n) is 9.91. The molecule has 2 rings (SSSR count). The summed E-state index contributed by atoms with van der Waals surface area (Å²) >= 11 is 0.909. The lowest BCUT2D eigenvalue weighted by Crippen LogP contribution is -2.04. The Hall–Kier alpha value is -2.41. The quantitative estimate of drug-likeness (QED) is 0.661. The van der Waals surface area contributed by atoms with Crippen LogP contribution in [0.3, 0.4) is 0 Å². The van der Waals surface area contributed by atoms with Gasteiger partial charge in [0.05, 0.1) is 6.26 Å². The molecule has 19 heavy (non-hydrogen) atoms. The van der Waals surface area contributed by atoms with Gasteiger partial charge in [0.1, 0.15) is 10.6 Å². The van der Waals surface area contributed by atoms with Crippen LogP contribution in [0.25, 0.3) is 6.08 Å². The van der Waals surface area contributed by atoms with Crippen molar-refractivity contribution in [3.8, 4) is 5.88 Å². The van der Waals surface area contributed by atoms with Crippen molar-refractivity contribution >= 4 is 34.2 Å². The third-order valence-electron chi connectivity index (χ3n) is 2.06. The summed E-state index contributed by atoms with van der Waals surface area (Å²) < 4.78 is 5.04. The number of carbonyl (C=O) groups excluding carboxylic acids is 2. The van der Waals surface area contributed by atoms with E-state index in [9.17, 15) is 14.7 Å². The zero-order valence-corrected chi connectivity index (χ0v) is 10.7. The third-order valence-corrected chi connectivity index (χ3v) is 3.03. The van der Waals surface area contributed by atoms with E-state index in [1.54, 1.807) is 12.1 Å². The molecule has 2 N–H and O–H groups in total. The van der Waals surface area contributed by atoms with Crippen molar-refractivity contribution in [2.24, 2.45) is 0 Å². The summed E-state index contributed by atoms with van der Waals surface area (Å²) in [4.78, 5) is 26.4. The number of hydrogen-bond donors (Lipinski definition) is 2. The van der Waals surface area contributed by atoms with Gasteiger partial charge in [0.2, 0.25) is 17.6 Å². The Bertz CT molecular complexity index is 628. The van der Waals surface area contributed by atoms with Gasteiger partial charge in [-0.25, -0.2) is 0 Å². The van der Waals surface area contributed by atoms with Crippen LogP contribution in [0.1, 0.15) is 22.4 Å². The minimum Gasteiger partial charge on any atom is -0.492 e. The molecule has 0 atom stereocenters. The monoisotopic (exact) mass is 278 g/mol. The van der Waals surface area contributed by atoms with Crippen LogP contribution in [-0.4, -0.2) is 21.8 Å².